The first-order chi connectivity index (χ1) is 13.3. The summed E-state index contributed by atoms with van der Waals surface area (Å²) in [6.07, 6.45) is 1.52. The molecule has 0 saturated heterocycles. The number of carbonyl (C=O) groups is 2. The Labute approximate surface area is 162 Å². The third-order valence-electron chi connectivity index (χ3n) is 4.14. The molecule has 0 unspecified atom stereocenters. The highest BCUT2D eigenvalue weighted by atomic mass is 19.1. The van der Waals surface area contributed by atoms with Gasteiger partial charge in [0.05, 0.1) is 5.69 Å². The van der Waals surface area contributed by atoms with Gasteiger partial charge in [-0.05, 0) is 37.3 Å². The summed E-state index contributed by atoms with van der Waals surface area (Å²) in [5.74, 6) is -1.34. The highest BCUT2D eigenvalue weighted by Crippen LogP contribution is 2.25. The molecule has 0 aliphatic heterocycles. The van der Waals surface area contributed by atoms with Crippen molar-refractivity contribution in [3.8, 4) is 16.9 Å². The van der Waals surface area contributed by atoms with E-state index in [0.29, 0.717) is 11.4 Å². The third kappa shape index (κ3) is 4.25. The lowest BCUT2D eigenvalue weighted by atomic mass is 10.1. The second-order valence-electron chi connectivity index (χ2n) is 6.55. The normalized spacial score (nSPS) is 10.6. The van der Waals surface area contributed by atoms with Crippen LogP contribution in [0.3, 0.4) is 0 Å². The van der Waals surface area contributed by atoms with Crippen molar-refractivity contribution in [3.63, 3.8) is 0 Å². The zero-order valence-corrected chi connectivity index (χ0v) is 15.8. The monoisotopic (exact) mass is 381 g/mol. The summed E-state index contributed by atoms with van der Waals surface area (Å²) in [6, 6.07) is 13.3. The van der Waals surface area contributed by atoms with Crippen molar-refractivity contribution in [2.75, 3.05) is 20.7 Å². The molecule has 1 aromatic heterocycles. The van der Waals surface area contributed by atoms with Crippen LogP contribution in [0.5, 0.6) is 0 Å². The second-order valence-corrected chi connectivity index (χ2v) is 6.55. The number of carbonyl (C=O) groups excluding carboxylic acids is 2. The standard InChI is InChI=1S/C21H20FN3O3/c1-14-5-4-6-15(11-14)20-18(21(27)28-13-19(26)24(2)3)12-25(23-20)17-9-7-16(22)8-10-17/h4-12H,13H2,1-3H3. The van der Waals surface area contributed by atoms with E-state index in [1.54, 1.807) is 26.2 Å². The Bertz CT molecular complexity index is 1010. The fourth-order valence-corrected chi connectivity index (χ4v) is 2.59. The van der Waals surface area contributed by atoms with Crippen molar-refractivity contribution < 1.29 is 18.7 Å². The molecule has 1 heterocycles. The molecule has 0 bridgehead atoms. The van der Waals surface area contributed by atoms with Gasteiger partial charge in [0.25, 0.3) is 5.91 Å². The smallest absolute Gasteiger partial charge is 0.342 e. The number of hydrogen-bond donors (Lipinski definition) is 0. The number of nitrogens with zero attached hydrogens (tertiary/aromatic N) is 3. The van der Waals surface area contributed by atoms with E-state index in [4.69, 9.17) is 4.74 Å². The number of benzene rings is 2. The maximum Gasteiger partial charge on any atom is 0.342 e. The third-order valence-corrected chi connectivity index (χ3v) is 4.14. The molecule has 0 fully saturated rings. The Kier molecular flexibility index (Phi) is 5.54. The number of aryl methyl sites for hydroxylation is 1. The SMILES string of the molecule is Cc1cccc(-c2nn(-c3ccc(F)cc3)cc2C(=O)OCC(=O)N(C)C)c1. The van der Waals surface area contributed by atoms with E-state index in [9.17, 15) is 14.0 Å². The van der Waals surface area contributed by atoms with Crippen LogP contribution in [0.15, 0.2) is 54.7 Å². The maximum atomic E-state index is 13.2. The highest BCUT2D eigenvalue weighted by Gasteiger charge is 2.21. The number of likely N-dealkylation sites (N-methyl/N-ethyl adjacent to an activating group) is 1. The Morgan fingerprint density at radius 3 is 2.50 bits per heavy atom. The summed E-state index contributed by atoms with van der Waals surface area (Å²) in [5.41, 5.74) is 3.00. The molecule has 0 saturated carbocycles. The molecule has 0 spiro atoms. The molecule has 2 aromatic carbocycles. The summed E-state index contributed by atoms with van der Waals surface area (Å²) >= 11 is 0. The van der Waals surface area contributed by atoms with Gasteiger partial charge in [0.15, 0.2) is 6.61 Å². The van der Waals surface area contributed by atoms with E-state index in [0.717, 1.165) is 11.1 Å². The molecule has 0 atom stereocenters. The van der Waals surface area contributed by atoms with Gasteiger partial charge in [-0.3, -0.25) is 4.79 Å². The number of aromatic nitrogens is 2. The number of halogens is 1. The number of hydrogen-bond acceptors (Lipinski definition) is 4. The van der Waals surface area contributed by atoms with Gasteiger partial charge in [0, 0.05) is 25.9 Å². The molecule has 0 aliphatic rings. The van der Waals surface area contributed by atoms with Crippen LogP contribution < -0.4 is 0 Å². The largest absolute Gasteiger partial charge is 0.452 e. The van der Waals surface area contributed by atoms with Gasteiger partial charge in [-0.1, -0.05) is 23.8 Å². The Morgan fingerprint density at radius 1 is 1.14 bits per heavy atom. The average Bonchev–Trinajstić information content (AvgIpc) is 3.12. The van der Waals surface area contributed by atoms with E-state index in [2.05, 4.69) is 5.10 Å². The zero-order chi connectivity index (χ0) is 20.3. The van der Waals surface area contributed by atoms with E-state index in [1.165, 1.54) is 27.9 Å². The van der Waals surface area contributed by atoms with Crippen molar-refractivity contribution in [2.24, 2.45) is 0 Å². The van der Waals surface area contributed by atoms with Crippen LogP contribution in [0.2, 0.25) is 0 Å². The van der Waals surface area contributed by atoms with Crippen LogP contribution in [0, 0.1) is 12.7 Å². The van der Waals surface area contributed by atoms with Crippen LogP contribution in [0.4, 0.5) is 4.39 Å². The van der Waals surface area contributed by atoms with Gasteiger partial charge in [-0.25, -0.2) is 13.9 Å². The number of rotatable bonds is 5. The quantitative estimate of drug-likeness (QED) is 0.637. The molecule has 0 aliphatic carbocycles. The number of ether oxygens (including phenoxy) is 1. The fraction of sp³-hybridized carbons (Fsp3) is 0.190. The van der Waals surface area contributed by atoms with E-state index < -0.39 is 5.97 Å². The van der Waals surface area contributed by atoms with Crippen molar-refractivity contribution in [2.45, 2.75) is 6.92 Å². The summed E-state index contributed by atoms with van der Waals surface area (Å²) < 4.78 is 19.9. The molecular weight excluding hydrogens is 361 g/mol. The van der Waals surface area contributed by atoms with E-state index in [1.807, 2.05) is 31.2 Å². The molecular formula is C21H20FN3O3. The van der Waals surface area contributed by atoms with Crippen molar-refractivity contribution in [3.05, 3.63) is 71.7 Å². The highest BCUT2D eigenvalue weighted by molar-refractivity contribution is 5.97. The van der Waals surface area contributed by atoms with Gasteiger partial charge in [0.1, 0.15) is 17.1 Å². The van der Waals surface area contributed by atoms with Crippen molar-refractivity contribution >= 4 is 11.9 Å². The van der Waals surface area contributed by atoms with Crippen molar-refractivity contribution in [1.29, 1.82) is 0 Å². The lowest BCUT2D eigenvalue weighted by molar-refractivity contribution is -0.131. The predicted molar refractivity (Wildman–Crippen MR) is 103 cm³/mol. The summed E-state index contributed by atoms with van der Waals surface area (Å²) in [4.78, 5) is 25.7. The van der Waals surface area contributed by atoms with Crippen LogP contribution in [-0.2, 0) is 9.53 Å². The fourth-order valence-electron chi connectivity index (χ4n) is 2.59. The van der Waals surface area contributed by atoms with Crippen LogP contribution in [0.1, 0.15) is 15.9 Å². The summed E-state index contributed by atoms with van der Waals surface area (Å²) in [6.45, 7) is 1.58. The molecule has 0 radical (unpaired) electrons. The van der Waals surface area contributed by atoms with Crippen molar-refractivity contribution in [1.82, 2.24) is 14.7 Å². The summed E-state index contributed by atoms with van der Waals surface area (Å²) in [5, 5.41) is 4.50. The van der Waals surface area contributed by atoms with Crippen LogP contribution in [0.25, 0.3) is 16.9 Å². The minimum Gasteiger partial charge on any atom is -0.452 e. The minimum absolute atomic E-state index is 0.224. The van der Waals surface area contributed by atoms with Gasteiger partial charge in [-0.15, -0.1) is 0 Å². The molecule has 144 valence electrons. The summed E-state index contributed by atoms with van der Waals surface area (Å²) in [7, 11) is 3.17. The molecule has 3 aromatic rings. The minimum atomic E-state index is -0.653. The average molecular weight is 381 g/mol. The predicted octanol–water partition coefficient (Wildman–Crippen LogP) is 3.23. The molecule has 7 heteroatoms. The van der Waals surface area contributed by atoms with Gasteiger partial charge in [-0.2, -0.15) is 5.10 Å². The first-order valence-electron chi connectivity index (χ1n) is 8.65. The van der Waals surface area contributed by atoms with E-state index >= 15 is 0 Å². The molecule has 3 rings (SSSR count). The molecule has 28 heavy (non-hydrogen) atoms. The number of esters is 1. The van der Waals surface area contributed by atoms with Gasteiger partial charge < -0.3 is 9.64 Å². The van der Waals surface area contributed by atoms with Crippen LogP contribution >= 0.6 is 0 Å². The van der Waals surface area contributed by atoms with Crippen LogP contribution in [-0.4, -0.2) is 47.3 Å². The van der Waals surface area contributed by atoms with Gasteiger partial charge in [0.2, 0.25) is 0 Å². The molecule has 6 nitrogen and oxygen atoms in total. The van der Waals surface area contributed by atoms with Gasteiger partial charge >= 0.3 is 5.97 Å². The first-order valence-corrected chi connectivity index (χ1v) is 8.65. The molecule has 1 amide bonds. The van der Waals surface area contributed by atoms with E-state index in [-0.39, 0.29) is 23.9 Å². The Hall–Kier alpha value is -3.48. The zero-order valence-electron chi connectivity index (χ0n) is 15.8. The first kappa shape index (κ1) is 19.3. The second kappa shape index (κ2) is 8.04. The Balaban J connectivity index is 2.00. The lowest BCUT2D eigenvalue weighted by Gasteiger charge is -2.10. The maximum absolute atomic E-state index is 13.2. The number of amides is 1. The lowest BCUT2D eigenvalue weighted by Crippen LogP contribution is -2.27. The Morgan fingerprint density at radius 2 is 1.86 bits per heavy atom. The molecule has 0 N–H and O–H groups in total. The topological polar surface area (TPSA) is 64.4 Å².